The van der Waals surface area contributed by atoms with Crippen molar-refractivity contribution < 1.29 is 9.09 Å². The van der Waals surface area contributed by atoms with Crippen LogP contribution in [0.3, 0.4) is 0 Å². The largest absolute Gasteiger partial charge is 0.317 e. The summed E-state index contributed by atoms with van der Waals surface area (Å²) in [7, 11) is -1.67. The second-order valence-electron chi connectivity index (χ2n) is 8.29. The molecule has 3 nitrogen and oxygen atoms in total. The number of benzene rings is 3. The summed E-state index contributed by atoms with van der Waals surface area (Å²) in [5.74, 6) is 0. The maximum atomic E-state index is 14.0. The molecule has 1 unspecified atom stereocenters. The highest BCUT2D eigenvalue weighted by atomic mass is 31.2. The minimum Gasteiger partial charge on any atom is -0.317 e. The fourth-order valence-electron chi connectivity index (χ4n) is 3.36. The maximum Gasteiger partial charge on any atom is 0.302 e. The van der Waals surface area contributed by atoms with Gasteiger partial charge in [0.1, 0.15) is 0 Å². The van der Waals surface area contributed by atoms with E-state index in [1.807, 2.05) is 53.2 Å². The Kier molecular flexibility index (Phi) is 6.74. The number of rotatable bonds is 7. The molecular formula is C25H30NO2P. The molecule has 0 saturated carbocycles. The molecule has 3 aromatic rings. The molecule has 0 radical (unpaired) electrons. The van der Waals surface area contributed by atoms with Crippen molar-refractivity contribution in [3.63, 3.8) is 0 Å². The predicted octanol–water partition coefficient (Wildman–Crippen LogP) is 6.15. The van der Waals surface area contributed by atoms with Gasteiger partial charge >= 0.3 is 7.52 Å². The van der Waals surface area contributed by atoms with Crippen LogP contribution in [-0.4, -0.2) is 11.8 Å². The van der Waals surface area contributed by atoms with E-state index in [0.717, 1.165) is 11.1 Å². The van der Waals surface area contributed by atoms with Gasteiger partial charge in [0.05, 0.1) is 5.30 Å². The van der Waals surface area contributed by atoms with Crippen LogP contribution in [0.2, 0.25) is 0 Å². The van der Waals surface area contributed by atoms with Crippen molar-refractivity contribution >= 4 is 12.8 Å². The van der Waals surface area contributed by atoms with Crippen molar-refractivity contribution in [3.8, 4) is 0 Å². The lowest BCUT2D eigenvalue weighted by Gasteiger charge is -2.31. The zero-order valence-corrected chi connectivity index (χ0v) is 18.6. The molecule has 29 heavy (non-hydrogen) atoms. The van der Waals surface area contributed by atoms with Gasteiger partial charge in [0.15, 0.2) is 0 Å². The third-order valence-corrected chi connectivity index (χ3v) is 7.57. The molecule has 0 saturated heterocycles. The summed E-state index contributed by atoms with van der Waals surface area (Å²) >= 11 is 0. The van der Waals surface area contributed by atoms with Gasteiger partial charge in [0.2, 0.25) is 0 Å². The van der Waals surface area contributed by atoms with Gasteiger partial charge in [-0.15, -0.1) is 0 Å². The van der Waals surface area contributed by atoms with Crippen molar-refractivity contribution in [2.75, 3.05) is 7.11 Å². The van der Waals surface area contributed by atoms with Gasteiger partial charge < -0.3 is 4.52 Å². The third-order valence-electron chi connectivity index (χ3n) is 5.10. The van der Waals surface area contributed by atoms with E-state index in [0.29, 0.717) is 18.4 Å². The summed E-state index contributed by atoms with van der Waals surface area (Å²) in [5.41, 5.74) is 3.61. The average Bonchev–Trinajstić information content (AvgIpc) is 2.74. The highest BCUT2D eigenvalue weighted by Gasteiger charge is 2.33. The monoisotopic (exact) mass is 407 g/mol. The van der Waals surface area contributed by atoms with Crippen LogP contribution in [0.1, 0.15) is 37.5 Å². The minimum absolute atomic E-state index is 0.105. The van der Waals surface area contributed by atoms with E-state index < -0.39 is 7.52 Å². The van der Waals surface area contributed by atoms with Gasteiger partial charge in [-0.2, -0.15) is 0 Å². The molecule has 0 aliphatic heterocycles. The van der Waals surface area contributed by atoms with E-state index >= 15 is 0 Å². The number of nitrogens with zero attached hydrogens (tertiary/aromatic N) is 1. The van der Waals surface area contributed by atoms with Crippen LogP contribution < -0.4 is 5.30 Å². The van der Waals surface area contributed by atoms with Gasteiger partial charge in [-0.1, -0.05) is 93.6 Å². The molecule has 3 rings (SSSR count). The summed E-state index contributed by atoms with van der Waals surface area (Å²) in [6.45, 7) is 7.70. The normalized spacial score (nSPS) is 14.0. The lowest BCUT2D eigenvalue weighted by Crippen LogP contribution is -2.26. The predicted molar refractivity (Wildman–Crippen MR) is 122 cm³/mol. The molecule has 152 valence electrons. The van der Waals surface area contributed by atoms with Crippen LogP contribution in [0.4, 0.5) is 0 Å². The standard InChI is InChI=1S/C25H30NO2P/c1-25(2,3)23-17-15-22(16-18-23)20-26(19-21-11-7-5-8-12-21)29(27,28-4)24-13-9-6-10-14-24/h5-18H,19-20H2,1-4H3. The van der Waals surface area contributed by atoms with Gasteiger partial charge in [0, 0.05) is 20.2 Å². The van der Waals surface area contributed by atoms with E-state index in [9.17, 15) is 4.57 Å². The summed E-state index contributed by atoms with van der Waals surface area (Å²) < 4.78 is 21.7. The molecule has 0 aliphatic carbocycles. The zero-order valence-electron chi connectivity index (χ0n) is 17.7. The number of hydrogen-bond donors (Lipinski definition) is 0. The molecule has 0 heterocycles. The summed E-state index contributed by atoms with van der Waals surface area (Å²) in [6, 6.07) is 28.2. The Morgan fingerprint density at radius 2 is 1.24 bits per heavy atom. The van der Waals surface area contributed by atoms with E-state index in [2.05, 4.69) is 57.2 Å². The summed E-state index contributed by atoms with van der Waals surface area (Å²) in [4.78, 5) is 0. The molecule has 1 atom stereocenters. The molecule has 0 aromatic heterocycles. The summed E-state index contributed by atoms with van der Waals surface area (Å²) in [6.07, 6.45) is 0. The van der Waals surface area contributed by atoms with Crippen molar-refractivity contribution in [1.82, 2.24) is 4.67 Å². The van der Waals surface area contributed by atoms with Crippen LogP contribution >= 0.6 is 7.52 Å². The lowest BCUT2D eigenvalue weighted by atomic mass is 9.87. The lowest BCUT2D eigenvalue weighted by molar-refractivity contribution is 0.306. The summed E-state index contributed by atoms with van der Waals surface area (Å²) in [5, 5.41) is 0.713. The fraction of sp³-hybridized carbons (Fsp3) is 0.280. The SMILES string of the molecule is COP(=O)(c1ccccc1)N(Cc1ccccc1)Cc1ccc(C(C)(C)C)cc1. The van der Waals surface area contributed by atoms with Crippen molar-refractivity contribution in [2.45, 2.75) is 39.3 Å². The van der Waals surface area contributed by atoms with Crippen molar-refractivity contribution in [1.29, 1.82) is 0 Å². The Hall–Kier alpha value is -2.19. The molecule has 0 fully saturated rings. The van der Waals surface area contributed by atoms with Crippen LogP contribution in [0.15, 0.2) is 84.9 Å². The van der Waals surface area contributed by atoms with E-state index in [1.165, 1.54) is 12.7 Å². The Morgan fingerprint density at radius 1 is 0.759 bits per heavy atom. The first-order valence-electron chi connectivity index (χ1n) is 9.93. The van der Waals surface area contributed by atoms with Gasteiger partial charge in [-0.3, -0.25) is 4.57 Å². The average molecular weight is 407 g/mol. The van der Waals surface area contributed by atoms with Gasteiger partial charge in [-0.05, 0) is 34.2 Å². The Balaban J connectivity index is 1.96. The Labute approximate surface area is 174 Å². The molecule has 3 aromatic carbocycles. The van der Waals surface area contributed by atoms with E-state index in [-0.39, 0.29) is 5.41 Å². The molecule has 0 amide bonds. The van der Waals surface area contributed by atoms with Crippen molar-refractivity contribution in [2.24, 2.45) is 0 Å². The second kappa shape index (κ2) is 9.09. The Morgan fingerprint density at radius 3 is 1.72 bits per heavy atom. The number of hydrogen-bond acceptors (Lipinski definition) is 2. The highest BCUT2D eigenvalue weighted by Crippen LogP contribution is 2.50. The van der Waals surface area contributed by atoms with Crippen molar-refractivity contribution in [3.05, 3.63) is 102 Å². The first kappa shape index (κ1) is 21.5. The minimum atomic E-state index is -3.20. The topological polar surface area (TPSA) is 29.5 Å². The van der Waals surface area contributed by atoms with Crippen LogP contribution in [0.5, 0.6) is 0 Å². The Bertz CT molecular complexity index is 948. The molecular weight excluding hydrogens is 377 g/mol. The van der Waals surface area contributed by atoms with Gasteiger partial charge in [0.25, 0.3) is 0 Å². The fourth-order valence-corrected chi connectivity index (χ4v) is 5.37. The molecule has 0 spiro atoms. The van der Waals surface area contributed by atoms with Crippen LogP contribution in [0, 0.1) is 0 Å². The third kappa shape index (κ3) is 5.25. The van der Waals surface area contributed by atoms with Crippen LogP contribution in [0.25, 0.3) is 0 Å². The first-order valence-corrected chi connectivity index (χ1v) is 11.5. The van der Waals surface area contributed by atoms with E-state index in [1.54, 1.807) is 0 Å². The van der Waals surface area contributed by atoms with Gasteiger partial charge in [-0.25, -0.2) is 4.67 Å². The smallest absolute Gasteiger partial charge is 0.302 e. The second-order valence-corrected chi connectivity index (χ2v) is 10.8. The first-order chi connectivity index (χ1) is 13.8. The molecule has 0 N–H and O–H groups in total. The van der Waals surface area contributed by atoms with E-state index in [4.69, 9.17) is 4.52 Å². The quantitative estimate of drug-likeness (QED) is 0.440. The molecule has 4 heteroatoms. The molecule has 0 aliphatic rings. The highest BCUT2D eigenvalue weighted by molar-refractivity contribution is 7.64. The molecule has 0 bridgehead atoms. The maximum absolute atomic E-state index is 14.0. The van der Waals surface area contributed by atoms with Crippen LogP contribution in [-0.2, 0) is 27.6 Å². The zero-order chi connectivity index (χ0) is 20.9.